The van der Waals surface area contributed by atoms with E-state index >= 15 is 0 Å². The largest absolute Gasteiger partial charge is 0.346 e. The molecule has 2 aromatic heterocycles. The lowest BCUT2D eigenvalue weighted by Gasteiger charge is -2.11. The lowest BCUT2D eigenvalue weighted by atomic mass is 10.1. The number of nitrogens with one attached hydrogen (secondary N) is 2. The molecule has 0 spiro atoms. The SMILES string of the molecule is Cc1cccc(C)c1NC(=O)CNC(=O)CSc1nnc2ccccn12. The number of hydrogen-bond donors (Lipinski definition) is 2. The fourth-order valence-corrected chi connectivity index (χ4v) is 3.23. The fraction of sp³-hybridized carbons (Fsp3) is 0.222. The van der Waals surface area contributed by atoms with Crippen molar-refractivity contribution in [2.24, 2.45) is 0 Å². The Labute approximate surface area is 155 Å². The van der Waals surface area contributed by atoms with Crippen molar-refractivity contribution < 1.29 is 9.59 Å². The van der Waals surface area contributed by atoms with Crippen molar-refractivity contribution in [1.82, 2.24) is 19.9 Å². The second-order valence-corrected chi connectivity index (χ2v) is 6.73. The first kappa shape index (κ1) is 17.9. The van der Waals surface area contributed by atoms with Gasteiger partial charge in [0.15, 0.2) is 10.8 Å². The van der Waals surface area contributed by atoms with Crippen LogP contribution in [0.25, 0.3) is 5.65 Å². The molecule has 7 nitrogen and oxygen atoms in total. The van der Waals surface area contributed by atoms with Crippen molar-refractivity contribution >= 4 is 34.9 Å². The summed E-state index contributed by atoms with van der Waals surface area (Å²) >= 11 is 1.27. The van der Waals surface area contributed by atoms with E-state index in [1.165, 1.54) is 11.8 Å². The van der Waals surface area contributed by atoms with E-state index in [1.807, 2.05) is 60.8 Å². The standard InChI is InChI=1S/C18H19N5O2S/c1-12-6-5-7-13(2)17(12)20-15(24)10-19-16(25)11-26-18-22-21-14-8-3-4-9-23(14)18/h3-9H,10-11H2,1-2H3,(H,19,25)(H,20,24). The molecule has 26 heavy (non-hydrogen) atoms. The highest BCUT2D eigenvalue weighted by atomic mass is 32.2. The minimum atomic E-state index is -0.256. The van der Waals surface area contributed by atoms with Gasteiger partial charge in [-0.05, 0) is 37.1 Å². The van der Waals surface area contributed by atoms with Gasteiger partial charge in [0.2, 0.25) is 11.8 Å². The molecule has 0 fully saturated rings. The van der Waals surface area contributed by atoms with Crippen LogP contribution < -0.4 is 10.6 Å². The van der Waals surface area contributed by atoms with Gasteiger partial charge in [0.05, 0.1) is 12.3 Å². The molecule has 2 N–H and O–H groups in total. The van der Waals surface area contributed by atoms with Gasteiger partial charge in [0.25, 0.3) is 0 Å². The molecular formula is C18H19N5O2S. The predicted octanol–water partition coefficient (Wildman–Crippen LogP) is 2.19. The van der Waals surface area contributed by atoms with E-state index in [4.69, 9.17) is 0 Å². The Hall–Kier alpha value is -2.87. The topological polar surface area (TPSA) is 88.4 Å². The molecule has 134 valence electrons. The van der Waals surface area contributed by atoms with Crippen LogP contribution in [0.15, 0.2) is 47.8 Å². The second kappa shape index (κ2) is 8.01. The molecule has 3 rings (SSSR count). The van der Waals surface area contributed by atoms with Crippen LogP contribution >= 0.6 is 11.8 Å². The lowest BCUT2D eigenvalue weighted by Crippen LogP contribution is -2.34. The Morgan fingerprint density at radius 3 is 2.58 bits per heavy atom. The highest BCUT2D eigenvalue weighted by Crippen LogP contribution is 2.19. The maximum atomic E-state index is 12.1. The zero-order valence-corrected chi connectivity index (χ0v) is 15.3. The average molecular weight is 369 g/mol. The summed E-state index contributed by atoms with van der Waals surface area (Å²) in [4.78, 5) is 24.1. The van der Waals surface area contributed by atoms with E-state index in [-0.39, 0.29) is 24.1 Å². The first-order valence-corrected chi connectivity index (χ1v) is 9.08. The molecule has 3 aromatic rings. The van der Waals surface area contributed by atoms with E-state index in [0.29, 0.717) is 5.16 Å². The zero-order chi connectivity index (χ0) is 18.5. The molecule has 2 heterocycles. The summed E-state index contributed by atoms with van der Waals surface area (Å²) in [5.41, 5.74) is 3.48. The molecule has 0 atom stereocenters. The van der Waals surface area contributed by atoms with Crippen molar-refractivity contribution in [1.29, 1.82) is 0 Å². The number of hydrogen-bond acceptors (Lipinski definition) is 5. The first-order valence-electron chi connectivity index (χ1n) is 8.10. The molecule has 0 aliphatic carbocycles. The van der Waals surface area contributed by atoms with E-state index in [2.05, 4.69) is 20.8 Å². The molecule has 0 bridgehead atoms. The Balaban J connectivity index is 1.49. The van der Waals surface area contributed by atoms with Gasteiger partial charge >= 0.3 is 0 Å². The van der Waals surface area contributed by atoms with Gasteiger partial charge in [-0.1, -0.05) is 36.0 Å². The predicted molar refractivity (Wildman–Crippen MR) is 101 cm³/mol. The monoisotopic (exact) mass is 369 g/mol. The molecule has 8 heteroatoms. The Morgan fingerprint density at radius 2 is 1.81 bits per heavy atom. The van der Waals surface area contributed by atoms with Crippen LogP contribution in [0.2, 0.25) is 0 Å². The number of para-hydroxylation sites is 1. The maximum absolute atomic E-state index is 12.1. The van der Waals surface area contributed by atoms with Crippen molar-refractivity contribution in [2.75, 3.05) is 17.6 Å². The summed E-state index contributed by atoms with van der Waals surface area (Å²) in [5.74, 6) is -0.333. The third-order valence-electron chi connectivity index (χ3n) is 3.81. The number of benzene rings is 1. The van der Waals surface area contributed by atoms with Gasteiger partial charge in [0, 0.05) is 11.9 Å². The highest BCUT2D eigenvalue weighted by Gasteiger charge is 2.11. The van der Waals surface area contributed by atoms with Crippen LogP contribution in [0, 0.1) is 13.8 Å². The van der Waals surface area contributed by atoms with Crippen molar-refractivity contribution in [3.63, 3.8) is 0 Å². The average Bonchev–Trinajstić information content (AvgIpc) is 3.04. The number of aromatic nitrogens is 3. The van der Waals surface area contributed by atoms with E-state index in [1.54, 1.807) is 0 Å². The summed E-state index contributed by atoms with van der Waals surface area (Å²) in [7, 11) is 0. The van der Waals surface area contributed by atoms with Crippen LogP contribution in [0.1, 0.15) is 11.1 Å². The molecular weight excluding hydrogens is 350 g/mol. The lowest BCUT2D eigenvalue weighted by molar-refractivity contribution is -0.122. The van der Waals surface area contributed by atoms with Gasteiger partial charge in [-0.15, -0.1) is 10.2 Å². The maximum Gasteiger partial charge on any atom is 0.243 e. The van der Waals surface area contributed by atoms with E-state index in [0.717, 1.165) is 22.5 Å². The number of nitrogens with zero attached hydrogens (tertiary/aromatic N) is 3. The molecule has 1 aromatic carbocycles. The van der Waals surface area contributed by atoms with Crippen LogP contribution in [-0.4, -0.2) is 38.7 Å². The summed E-state index contributed by atoms with van der Waals surface area (Å²) in [6, 6.07) is 11.4. The number of carbonyl (C=O) groups is 2. The molecule has 0 unspecified atom stereocenters. The molecule has 0 aliphatic rings. The number of fused-ring (bicyclic) bond motifs is 1. The smallest absolute Gasteiger partial charge is 0.243 e. The minimum absolute atomic E-state index is 0.0756. The first-order chi connectivity index (χ1) is 12.5. The molecule has 0 saturated carbocycles. The summed E-state index contributed by atoms with van der Waals surface area (Å²) in [6.07, 6.45) is 1.84. The van der Waals surface area contributed by atoms with Gasteiger partial charge < -0.3 is 10.6 Å². The summed E-state index contributed by atoms with van der Waals surface area (Å²) in [6.45, 7) is 3.79. The molecule has 0 radical (unpaired) electrons. The highest BCUT2D eigenvalue weighted by molar-refractivity contribution is 7.99. The van der Waals surface area contributed by atoms with Gasteiger partial charge in [-0.2, -0.15) is 0 Å². The minimum Gasteiger partial charge on any atom is -0.346 e. The second-order valence-electron chi connectivity index (χ2n) is 5.79. The van der Waals surface area contributed by atoms with Gasteiger partial charge in [-0.25, -0.2) is 0 Å². The van der Waals surface area contributed by atoms with Crippen LogP contribution in [0.5, 0.6) is 0 Å². The number of rotatable bonds is 6. The Kier molecular flexibility index (Phi) is 5.52. The number of amides is 2. The Morgan fingerprint density at radius 1 is 1.04 bits per heavy atom. The summed E-state index contributed by atoms with van der Waals surface area (Å²) < 4.78 is 1.81. The van der Waals surface area contributed by atoms with Crippen LogP contribution in [0.3, 0.4) is 0 Å². The third kappa shape index (κ3) is 4.20. The number of carbonyl (C=O) groups excluding carboxylic acids is 2. The molecule has 0 saturated heterocycles. The van der Waals surface area contributed by atoms with Crippen molar-refractivity contribution in [2.45, 2.75) is 19.0 Å². The van der Waals surface area contributed by atoms with Gasteiger partial charge in [-0.3, -0.25) is 14.0 Å². The molecule has 2 amide bonds. The van der Waals surface area contributed by atoms with Crippen LogP contribution in [0.4, 0.5) is 5.69 Å². The van der Waals surface area contributed by atoms with Gasteiger partial charge in [0.1, 0.15) is 0 Å². The normalized spacial score (nSPS) is 10.7. The summed E-state index contributed by atoms with van der Waals surface area (Å²) in [5, 5.41) is 14.2. The molecule has 0 aliphatic heterocycles. The van der Waals surface area contributed by atoms with Crippen molar-refractivity contribution in [3.8, 4) is 0 Å². The number of anilines is 1. The van der Waals surface area contributed by atoms with E-state index < -0.39 is 0 Å². The van der Waals surface area contributed by atoms with Crippen molar-refractivity contribution in [3.05, 3.63) is 53.7 Å². The Bertz CT molecular complexity index is 933. The van der Waals surface area contributed by atoms with E-state index in [9.17, 15) is 9.59 Å². The number of aryl methyl sites for hydroxylation is 2. The van der Waals surface area contributed by atoms with Crippen LogP contribution in [-0.2, 0) is 9.59 Å². The quantitative estimate of drug-likeness (QED) is 0.650. The third-order valence-corrected chi connectivity index (χ3v) is 4.75. The number of pyridine rings is 1. The number of thioether (sulfide) groups is 1. The fourth-order valence-electron chi connectivity index (χ4n) is 2.47. The zero-order valence-electron chi connectivity index (χ0n) is 14.5.